The van der Waals surface area contributed by atoms with Crippen LogP contribution in [0, 0.1) is 11.7 Å². The smallest absolute Gasteiger partial charge is 0.243 e. The van der Waals surface area contributed by atoms with Crippen molar-refractivity contribution in [3.8, 4) is 17.2 Å². The minimum Gasteiger partial charge on any atom is -0.493 e. The van der Waals surface area contributed by atoms with Crippen LogP contribution in [0.4, 0.5) is 10.1 Å². The van der Waals surface area contributed by atoms with Gasteiger partial charge in [-0.05, 0) is 49.2 Å². The number of carbonyl (C=O) groups is 1. The molecule has 0 atom stereocenters. The van der Waals surface area contributed by atoms with Gasteiger partial charge in [0.05, 0.1) is 19.1 Å². The Bertz CT molecular complexity index is 1270. The molecule has 0 radical (unpaired) electrons. The zero-order valence-electron chi connectivity index (χ0n) is 18.8. The Morgan fingerprint density at radius 2 is 1.82 bits per heavy atom. The molecule has 180 valence electrons. The van der Waals surface area contributed by atoms with Gasteiger partial charge in [0.15, 0.2) is 17.3 Å². The average Bonchev–Trinajstić information content (AvgIpc) is 3.38. The molecule has 0 saturated carbocycles. The number of hydrogen-bond donors (Lipinski definition) is 1. The van der Waals surface area contributed by atoms with Gasteiger partial charge in [-0.1, -0.05) is 0 Å². The van der Waals surface area contributed by atoms with Crippen molar-refractivity contribution in [1.82, 2.24) is 14.1 Å². The Labute approximate surface area is 197 Å². The fourth-order valence-corrected chi connectivity index (χ4v) is 5.40. The van der Waals surface area contributed by atoms with Crippen LogP contribution in [0.25, 0.3) is 5.69 Å². The van der Waals surface area contributed by atoms with Gasteiger partial charge in [0.2, 0.25) is 15.9 Å². The van der Waals surface area contributed by atoms with Crippen LogP contribution in [0.5, 0.6) is 11.5 Å². The topological polar surface area (TPSA) is 103 Å². The number of nitrogens with zero attached hydrogens (tertiary/aromatic N) is 3. The largest absolute Gasteiger partial charge is 0.493 e. The molecule has 1 aromatic heterocycles. The summed E-state index contributed by atoms with van der Waals surface area (Å²) < 4.78 is 53.7. The second-order valence-corrected chi connectivity index (χ2v) is 9.74. The van der Waals surface area contributed by atoms with Crippen LogP contribution in [0.15, 0.2) is 59.8 Å². The molecular formula is C23H25FN4O5S. The Hall–Kier alpha value is -3.44. The number of rotatable bonds is 7. The van der Waals surface area contributed by atoms with Gasteiger partial charge >= 0.3 is 0 Å². The Morgan fingerprint density at radius 1 is 1.09 bits per heavy atom. The van der Waals surface area contributed by atoms with Gasteiger partial charge in [-0.15, -0.1) is 0 Å². The number of anilines is 1. The zero-order chi connectivity index (χ0) is 24.3. The van der Waals surface area contributed by atoms with Crippen LogP contribution in [0.1, 0.15) is 12.8 Å². The van der Waals surface area contributed by atoms with Gasteiger partial charge in [-0.3, -0.25) is 4.79 Å². The molecule has 2 heterocycles. The lowest BCUT2D eigenvalue weighted by molar-refractivity contribution is -0.120. The van der Waals surface area contributed by atoms with Gasteiger partial charge in [-0.25, -0.2) is 17.5 Å². The fraction of sp³-hybridized carbons (Fsp3) is 0.304. The van der Waals surface area contributed by atoms with E-state index in [1.165, 1.54) is 47.5 Å². The third-order valence-electron chi connectivity index (χ3n) is 5.78. The lowest BCUT2D eigenvalue weighted by Gasteiger charge is -2.30. The van der Waals surface area contributed by atoms with Gasteiger partial charge in [0.25, 0.3) is 0 Å². The predicted molar refractivity (Wildman–Crippen MR) is 123 cm³/mol. The molecule has 2 aromatic carbocycles. The third kappa shape index (κ3) is 4.75. The van der Waals surface area contributed by atoms with Crippen molar-refractivity contribution in [2.75, 3.05) is 32.6 Å². The van der Waals surface area contributed by atoms with Crippen LogP contribution in [-0.4, -0.2) is 55.7 Å². The molecule has 1 saturated heterocycles. The first kappa shape index (κ1) is 23.7. The molecule has 0 spiro atoms. The number of carbonyl (C=O) groups excluding carboxylic acids is 1. The van der Waals surface area contributed by atoms with E-state index in [0.717, 1.165) is 0 Å². The first-order valence-electron chi connectivity index (χ1n) is 10.7. The summed E-state index contributed by atoms with van der Waals surface area (Å²) >= 11 is 0. The predicted octanol–water partition coefficient (Wildman–Crippen LogP) is 3.07. The number of piperidine rings is 1. The van der Waals surface area contributed by atoms with Crippen molar-refractivity contribution in [2.45, 2.75) is 17.7 Å². The van der Waals surface area contributed by atoms with E-state index >= 15 is 0 Å². The van der Waals surface area contributed by atoms with Crippen molar-refractivity contribution in [1.29, 1.82) is 0 Å². The molecule has 1 N–H and O–H groups in total. The number of halogens is 1. The Balaban J connectivity index is 1.39. The highest BCUT2D eigenvalue weighted by Gasteiger charge is 2.32. The second-order valence-electron chi connectivity index (χ2n) is 7.80. The summed E-state index contributed by atoms with van der Waals surface area (Å²) in [5.41, 5.74) is 0.607. The summed E-state index contributed by atoms with van der Waals surface area (Å²) in [6, 6.07) is 10.5. The number of aromatic nitrogens is 2. The molecule has 4 rings (SSSR count). The highest BCUT2D eigenvalue weighted by Crippen LogP contribution is 2.32. The minimum atomic E-state index is -3.75. The molecule has 3 aromatic rings. The third-order valence-corrected chi connectivity index (χ3v) is 7.68. The molecule has 1 aliphatic heterocycles. The van der Waals surface area contributed by atoms with Crippen molar-refractivity contribution in [3.05, 3.63) is 60.7 Å². The normalized spacial score (nSPS) is 15.1. The van der Waals surface area contributed by atoms with Crippen LogP contribution in [-0.2, 0) is 14.8 Å². The summed E-state index contributed by atoms with van der Waals surface area (Å²) in [7, 11) is -0.835. The number of sulfonamides is 1. The monoisotopic (exact) mass is 488 g/mol. The van der Waals surface area contributed by atoms with E-state index < -0.39 is 15.8 Å². The first-order valence-corrected chi connectivity index (χ1v) is 12.1. The Kier molecular flexibility index (Phi) is 6.85. The highest BCUT2D eigenvalue weighted by atomic mass is 32.2. The lowest BCUT2D eigenvalue weighted by Crippen LogP contribution is -2.41. The molecule has 1 aliphatic rings. The van der Waals surface area contributed by atoms with Gasteiger partial charge in [0, 0.05) is 43.2 Å². The SMILES string of the molecule is COc1ccc(S(=O)(=O)N2CCC(C(=O)Nc3ccc(-n4cccn4)c(F)c3)CC2)cc1OC. The number of methoxy groups -OCH3 is 2. The number of ether oxygens (including phenoxy) is 2. The van der Waals surface area contributed by atoms with E-state index in [9.17, 15) is 17.6 Å². The van der Waals surface area contributed by atoms with Crippen molar-refractivity contribution in [2.24, 2.45) is 5.92 Å². The van der Waals surface area contributed by atoms with Crippen molar-refractivity contribution >= 4 is 21.6 Å². The van der Waals surface area contributed by atoms with Crippen LogP contribution < -0.4 is 14.8 Å². The molecule has 34 heavy (non-hydrogen) atoms. The standard InChI is InChI=1S/C23H25FN4O5S/c1-32-21-7-5-18(15-22(21)33-2)34(30,31)27-12-8-16(9-13-27)23(29)26-17-4-6-20(19(24)14-17)28-11-3-10-25-28/h3-7,10-11,14-16H,8-9,12-13H2,1-2H3,(H,26,29). The molecule has 0 unspecified atom stereocenters. The molecule has 9 nitrogen and oxygen atoms in total. The van der Waals surface area contributed by atoms with Gasteiger partial charge < -0.3 is 14.8 Å². The van der Waals surface area contributed by atoms with Crippen molar-refractivity contribution in [3.63, 3.8) is 0 Å². The van der Waals surface area contributed by atoms with E-state index in [4.69, 9.17) is 9.47 Å². The lowest BCUT2D eigenvalue weighted by atomic mass is 9.97. The maximum Gasteiger partial charge on any atom is 0.243 e. The molecule has 11 heteroatoms. The van der Waals surface area contributed by atoms with E-state index in [1.54, 1.807) is 30.6 Å². The molecular weight excluding hydrogens is 463 g/mol. The summed E-state index contributed by atoms with van der Waals surface area (Å²) in [4.78, 5) is 12.8. The summed E-state index contributed by atoms with van der Waals surface area (Å²) in [6.07, 6.45) is 3.88. The van der Waals surface area contributed by atoms with Crippen molar-refractivity contribution < 1.29 is 27.1 Å². The minimum absolute atomic E-state index is 0.0980. The highest BCUT2D eigenvalue weighted by molar-refractivity contribution is 7.89. The van der Waals surface area contributed by atoms with Crippen LogP contribution >= 0.6 is 0 Å². The second kappa shape index (κ2) is 9.82. The summed E-state index contributed by atoms with van der Waals surface area (Å²) in [5.74, 6) is -0.410. The number of benzene rings is 2. The molecule has 1 fully saturated rings. The summed E-state index contributed by atoms with van der Waals surface area (Å²) in [6.45, 7) is 0.392. The quantitative estimate of drug-likeness (QED) is 0.548. The van der Waals surface area contributed by atoms with E-state index in [1.807, 2.05) is 0 Å². The Morgan fingerprint density at radius 3 is 2.44 bits per heavy atom. The van der Waals surface area contributed by atoms with E-state index in [0.29, 0.717) is 30.0 Å². The van der Waals surface area contributed by atoms with Gasteiger partial charge in [-0.2, -0.15) is 9.40 Å². The summed E-state index contributed by atoms with van der Waals surface area (Å²) in [5, 5.41) is 6.73. The maximum atomic E-state index is 14.4. The number of nitrogens with one attached hydrogen (secondary N) is 1. The van der Waals surface area contributed by atoms with Crippen LogP contribution in [0.2, 0.25) is 0 Å². The number of amides is 1. The average molecular weight is 489 g/mol. The fourth-order valence-electron chi connectivity index (χ4n) is 3.91. The molecule has 0 bridgehead atoms. The maximum absolute atomic E-state index is 14.4. The molecule has 0 aliphatic carbocycles. The number of hydrogen-bond acceptors (Lipinski definition) is 6. The van der Waals surface area contributed by atoms with E-state index in [2.05, 4.69) is 10.4 Å². The first-order chi connectivity index (χ1) is 16.3. The molecule has 1 amide bonds. The van der Waals surface area contributed by atoms with E-state index in [-0.39, 0.29) is 35.5 Å². The van der Waals surface area contributed by atoms with Crippen LogP contribution in [0.3, 0.4) is 0 Å². The zero-order valence-corrected chi connectivity index (χ0v) is 19.6. The van der Waals surface area contributed by atoms with Gasteiger partial charge in [0.1, 0.15) is 5.69 Å².